The second kappa shape index (κ2) is 6.70. The monoisotopic (exact) mass is 378 g/mol. The number of quaternary nitrogens is 2. The number of esters is 1. The summed E-state index contributed by atoms with van der Waals surface area (Å²) in [5.41, 5.74) is 0.240. The van der Waals surface area contributed by atoms with Crippen molar-refractivity contribution in [2.24, 2.45) is 23.2 Å². The molecule has 7 atom stereocenters. The molecule has 0 aromatic rings. The summed E-state index contributed by atoms with van der Waals surface area (Å²) in [6, 6.07) is 0. The van der Waals surface area contributed by atoms with Crippen LogP contribution in [0.1, 0.15) is 58.8 Å². The standard InChI is InChI=1S/C22H36N2O3/c1-15-7-6-8-21(2)13-17-18(19-22(15,21)27-19)16(20(25)26-17)14-23-9-12-24-10-4-3-5-11-24/h15-19,23H,3-14H2,1-2H3/p+2/t15-,16+,17+,18+,19-,21+,22-/m0/s1. The molecular weight excluding hydrogens is 340 g/mol. The largest absolute Gasteiger partial charge is 0.462 e. The van der Waals surface area contributed by atoms with Crippen molar-refractivity contribution < 1.29 is 24.5 Å². The molecule has 5 aliphatic rings. The lowest BCUT2D eigenvalue weighted by Gasteiger charge is -2.48. The highest BCUT2D eigenvalue weighted by Gasteiger charge is 2.78. The highest BCUT2D eigenvalue weighted by atomic mass is 16.6. The number of hydrogen-bond donors (Lipinski definition) is 2. The van der Waals surface area contributed by atoms with Crippen LogP contribution in [0.3, 0.4) is 0 Å². The molecule has 5 fully saturated rings. The first-order chi connectivity index (χ1) is 13.1. The maximum atomic E-state index is 12.7. The van der Waals surface area contributed by atoms with Crippen molar-refractivity contribution in [2.75, 3.05) is 32.7 Å². The molecule has 5 heteroatoms. The van der Waals surface area contributed by atoms with E-state index in [1.54, 1.807) is 4.90 Å². The van der Waals surface area contributed by atoms with E-state index in [0.29, 0.717) is 11.8 Å². The summed E-state index contributed by atoms with van der Waals surface area (Å²) in [6.45, 7) is 10.7. The zero-order valence-electron chi connectivity index (χ0n) is 17.2. The first-order valence-electron chi connectivity index (χ1n) is 11.6. The van der Waals surface area contributed by atoms with E-state index in [1.807, 2.05) is 0 Å². The molecule has 0 amide bonds. The van der Waals surface area contributed by atoms with Gasteiger partial charge in [0, 0.05) is 11.3 Å². The predicted octanol–water partition coefficient (Wildman–Crippen LogP) is 0.144. The molecule has 3 saturated heterocycles. The second-order valence-electron chi connectivity index (χ2n) is 10.4. The zero-order valence-corrected chi connectivity index (χ0v) is 17.2. The first kappa shape index (κ1) is 18.4. The number of carbonyl (C=O) groups is 1. The van der Waals surface area contributed by atoms with E-state index in [1.165, 1.54) is 58.2 Å². The molecule has 3 aliphatic heterocycles. The van der Waals surface area contributed by atoms with Gasteiger partial charge in [-0.2, -0.15) is 0 Å². The van der Waals surface area contributed by atoms with Crippen molar-refractivity contribution in [3.8, 4) is 0 Å². The molecule has 0 unspecified atom stereocenters. The molecule has 152 valence electrons. The Morgan fingerprint density at radius 1 is 1.22 bits per heavy atom. The van der Waals surface area contributed by atoms with Gasteiger partial charge >= 0.3 is 5.97 Å². The van der Waals surface area contributed by atoms with Crippen LogP contribution in [-0.2, 0) is 14.3 Å². The number of likely N-dealkylation sites (tertiary alicyclic amines) is 1. The summed E-state index contributed by atoms with van der Waals surface area (Å²) < 4.78 is 12.5. The fraction of sp³-hybridized carbons (Fsp3) is 0.955. The van der Waals surface area contributed by atoms with Gasteiger partial charge in [-0.1, -0.05) is 20.3 Å². The van der Waals surface area contributed by atoms with Gasteiger partial charge in [0.2, 0.25) is 0 Å². The minimum atomic E-state index is 0.0365. The highest BCUT2D eigenvalue weighted by Crippen LogP contribution is 2.70. The van der Waals surface area contributed by atoms with Gasteiger partial charge in [0.05, 0.1) is 25.7 Å². The molecule has 0 radical (unpaired) electrons. The smallest absolute Gasteiger partial charge is 0.315 e. The molecule has 3 N–H and O–H groups in total. The van der Waals surface area contributed by atoms with E-state index >= 15 is 0 Å². The highest BCUT2D eigenvalue weighted by molar-refractivity contribution is 5.76. The number of hydrogen-bond acceptors (Lipinski definition) is 3. The van der Waals surface area contributed by atoms with E-state index in [0.717, 1.165) is 19.5 Å². The molecule has 2 aliphatic carbocycles. The fourth-order valence-electron chi connectivity index (χ4n) is 7.41. The van der Waals surface area contributed by atoms with Gasteiger partial charge in [-0.25, -0.2) is 0 Å². The van der Waals surface area contributed by atoms with Crippen molar-refractivity contribution in [1.82, 2.24) is 0 Å². The van der Waals surface area contributed by atoms with Gasteiger partial charge in [-0.3, -0.25) is 4.79 Å². The molecule has 0 aromatic heterocycles. The van der Waals surface area contributed by atoms with Crippen LogP contribution >= 0.6 is 0 Å². The predicted molar refractivity (Wildman–Crippen MR) is 101 cm³/mol. The molecule has 27 heavy (non-hydrogen) atoms. The Labute approximate surface area is 163 Å². The van der Waals surface area contributed by atoms with E-state index < -0.39 is 0 Å². The summed E-state index contributed by atoms with van der Waals surface area (Å²) in [5, 5.41) is 2.38. The minimum absolute atomic E-state index is 0.0365. The molecule has 5 rings (SSSR count). The first-order valence-corrected chi connectivity index (χ1v) is 11.6. The lowest BCUT2D eigenvalue weighted by atomic mass is 9.53. The van der Waals surface area contributed by atoms with Crippen LogP contribution in [-0.4, -0.2) is 56.5 Å². The molecule has 5 nitrogen and oxygen atoms in total. The average molecular weight is 379 g/mol. The van der Waals surface area contributed by atoms with Crippen molar-refractivity contribution >= 4 is 5.97 Å². The maximum Gasteiger partial charge on any atom is 0.315 e. The Balaban J connectivity index is 1.21. The molecule has 0 bridgehead atoms. The number of carbonyl (C=O) groups excluding carboxylic acids is 1. The molecule has 0 aromatic carbocycles. The van der Waals surface area contributed by atoms with E-state index in [-0.39, 0.29) is 35.1 Å². The van der Waals surface area contributed by atoms with Crippen LogP contribution in [0.2, 0.25) is 0 Å². The Hall–Kier alpha value is -0.650. The van der Waals surface area contributed by atoms with Crippen LogP contribution in [0.15, 0.2) is 0 Å². The maximum absolute atomic E-state index is 12.7. The topological polar surface area (TPSA) is 59.9 Å². The molecule has 1 spiro atoms. The van der Waals surface area contributed by atoms with Gasteiger partial charge in [0.1, 0.15) is 30.7 Å². The third-order valence-corrected chi connectivity index (χ3v) is 8.88. The van der Waals surface area contributed by atoms with E-state index in [9.17, 15) is 4.79 Å². The number of fused-ring (bicyclic) bond motifs is 2. The Bertz CT molecular complexity index is 592. The van der Waals surface area contributed by atoms with Crippen LogP contribution in [0.5, 0.6) is 0 Å². The van der Waals surface area contributed by atoms with Crippen LogP contribution < -0.4 is 10.2 Å². The third-order valence-electron chi connectivity index (χ3n) is 8.88. The van der Waals surface area contributed by atoms with E-state index in [2.05, 4.69) is 19.2 Å². The van der Waals surface area contributed by atoms with Gasteiger partial charge in [-0.15, -0.1) is 0 Å². The summed E-state index contributed by atoms with van der Waals surface area (Å²) in [5.74, 6) is 0.997. The Morgan fingerprint density at radius 3 is 2.85 bits per heavy atom. The van der Waals surface area contributed by atoms with Crippen LogP contribution in [0, 0.1) is 23.2 Å². The normalized spacial score (nSPS) is 49.1. The zero-order chi connectivity index (χ0) is 18.6. The second-order valence-corrected chi connectivity index (χ2v) is 10.4. The number of ether oxygens (including phenoxy) is 2. The van der Waals surface area contributed by atoms with Crippen LogP contribution in [0.25, 0.3) is 0 Å². The van der Waals surface area contributed by atoms with Crippen molar-refractivity contribution in [3.63, 3.8) is 0 Å². The van der Waals surface area contributed by atoms with Gasteiger partial charge in [0.25, 0.3) is 0 Å². The molecule has 2 saturated carbocycles. The number of piperidine rings is 1. The number of epoxide rings is 1. The number of rotatable bonds is 5. The van der Waals surface area contributed by atoms with Gasteiger partial charge < -0.3 is 19.7 Å². The fourth-order valence-corrected chi connectivity index (χ4v) is 7.41. The summed E-state index contributed by atoms with van der Waals surface area (Å²) in [6.07, 6.45) is 9.32. The molecular formula is C22H38N2O3+2. The summed E-state index contributed by atoms with van der Waals surface area (Å²) in [4.78, 5) is 14.4. The minimum Gasteiger partial charge on any atom is -0.462 e. The summed E-state index contributed by atoms with van der Waals surface area (Å²) >= 11 is 0. The van der Waals surface area contributed by atoms with Gasteiger partial charge in [0.15, 0.2) is 0 Å². The lowest BCUT2D eigenvalue weighted by Crippen LogP contribution is -3.15. The van der Waals surface area contributed by atoms with Crippen LogP contribution in [0.4, 0.5) is 0 Å². The third kappa shape index (κ3) is 2.79. The van der Waals surface area contributed by atoms with Crippen molar-refractivity contribution in [1.29, 1.82) is 0 Å². The number of nitrogens with one attached hydrogen (secondary N) is 1. The SMILES string of the molecule is C[C@H]1CCC[C@]2(C)C[C@H]3OC(=O)[C@H](C[NH2+]CC[NH+]4CCCCC4)[C@H]3[C@@H]3O[C@@]132. The number of nitrogens with two attached hydrogens (primary N) is 1. The van der Waals surface area contributed by atoms with E-state index in [4.69, 9.17) is 9.47 Å². The Kier molecular flexibility index (Phi) is 4.56. The quantitative estimate of drug-likeness (QED) is 0.407. The average Bonchev–Trinajstić information content (AvgIpc) is 3.34. The van der Waals surface area contributed by atoms with Crippen molar-refractivity contribution in [3.05, 3.63) is 0 Å². The van der Waals surface area contributed by atoms with Crippen molar-refractivity contribution in [2.45, 2.75) is 76.6 Å². The lowest BCUT2D eigenvalue weighted by molar-refractivity contribution is -0.917. The van der Waals surface area contributed by atoms with Gasteiger partial charge in [-0.05, 0) is 44.4 Å². The Morgan fingerprint density at radius 2 is 2.04 bits per heavy atom. The molecule has 3 heterocycles. The summed E-state index contributed by atoms with van der Waals surface area (Å²) in [7, 11) is 0.